The number of nitrogens with one attached hydrogen (secondary N) is 2. The molecule has 1 aromatic carbocycles. The highest BCUT2D eigenvalue weighted by atomic mass is 127. The molecule has 0 aliphatic heterocycles. The first-order chi connectivity index (χ1) is 14.2. The molecule has 0 fully saturated rings. The van der Waals surface area contributed by atoms with Crippen molar-refractivity contribution >= 4 is 35.6 Å². The molecule has 8 nitrogen and oxygen atoms in total. The number of methoxy groups -OCH3 is 2. The van der Waals surface area contributed by atoms with Crippen LogP contribution in [-0.2, 0) is 19.5 Å². The lowest BCUT2D eigenvalue weighted by molar-refractivity contribution is 0.352. The molecule has 0 radical (unpaired) electrons. The van der Waals surface area contributed by atoms with Gasteiger partial charge in [0.2, 0.25) is 0 Å². The van der Waals surface area contributed by atoms with Gasteiger partial charge in [0.25, 0.3) is 0 Å². The first-order valence-corrected chi connectivity index (χ1v) is 9.28. The van der Waals surface area contributed by atoms with Crippen molar-refractivity contribution in [2.75, 3.05) is 21.3 Å². The molecule has 3 rings (SSSR count). The monoisotopic (exact) mass is 522 g/mol. The lowest BCUT2D eigenvalue weighted by atomic mass is 10.1. The van der Waals surface area contributed by atoms with E-state index in [1.807, 2.05) is 40.9 Å². The molecule has 0 spiro atoms. The molecule has 30 heavy (non-hydrogen) atoms. The van der Waals surface area contributed by atoms with Crippen LogP contribution in [0.2, 0.25) is 0 Å². The van der Waals surface area contributed by atoms with Gasteiger partial charge in [-0.3, -0.25) is 9.39 Å². The average Bonchev–Trinajstić information content (AvgIpc) is 3.17. The van der Waals surface area contributed by atoms with Crippen molar-refractivity contribution in [2.24, 2.45) is 4.99 Å². The van der Waals surface area contributed by atoms with E-state index >= 15 is 0 Å². The Morgan fingerprint density at radius 3 is 2.67 bits per heavy atom. The maximum Gasteiger partial charge on any atom is 0.191 e. The van der Waals surface area contributed by atoms with Gasteiger partial charge in [-0.05, 0) is 36.2 Å². The van der Waals surface area contributed by atoms with Crippen LogP contribution in [0.25, 0.3) is 5.65 Å². The fraction of sp³-hybridized carbons (Fsp3) is 0.286. The Kier molecular flexibility index (Phi) is 8.90. The van der Waals surface area contributed by atoms with Crippen molar-refractivity contribution in [3.05, 3.63) is 66.1 Å². The van der Waals surface area contributed by atoms with E-state index in [0.29, 0.717) is 31.2 Å². The van der Waals surface area contributed by atoms with Crippen molar-refractivity contribution in [3.8, 4) is 11.5 Å². The van der Waals surface area contributed by atoms with Gasteiger partial charge < -0.3 is 20.1 Å². The molecule has 2 aromatic heterocycles. The Balaban J connectivity index is 0.00000320. The van der Waals surface area contributed by atoms with Gasteiger partial charge in [0.1, 0.15) is 0 Å². The molecular weight excluding hydrogens is 495 g/mol. The van der Waals surface area contributed by atoms with Gasteiger partial charge in [-0.2, -0.15) is 0 Å². The quantitative estimate of drug-likeness (QED) is 0.205. The normalized spacial score (nSPS) is 11.0. The molecule has 9 heteroatoms. The van der Waals surface area contributed by atoms with E-state index in [1.54, 1.807) is 21.3 Å². The van der Waals surface area contributed by atoms with Crippen molar-refractivity contribution < 1.29 is 9.47 Å². The molecule has 2 heterocycles. The number of nitrogens with zero attached hydrogens (tertiary/aromatic N) is 4. The number of halogens is 1. The topological polar surface area (TPSA) is 85.1 Å². The van der Waals surface area contributed by atoms with E-state index in [0.717, 1.165) is 28.3 Å². The first-order valence-electron chi connectivity index (χ1n) is 9.28. The number of allylic oxidation sites excluding steroid dienone is 1. The van der Waals surface area contributed by atoms with Crippen LogP contribution in [0.4, 0.5) is 0 Å². The van der Waals surface area contributed by atoms with Crippen LogP contribution in [-0.4, -0.2) is 41.8 Å². The Bertz CT molecular complexity index is 1020. The fourth-order valence-electron chi connectivity index (χ4n) is 3.10. The second-order valence-corrected chi connectivity index (χ2v) is 6.31. The Hall–Kier alpha value is -2.82. The summed E-state index contributed by atoms with van der Waals surface area (Å²) < 4.78 is 12.9. The number of benzene rings is 1. The lowest BCUT2D eigenvalue weighted by Crippen LogP contribution is -2.36. The summed E-state index contributed by atoms with van der Waals surface area (Å²) in [6.07, 6.45) is 4.48. The number of hydrogen-bond donors (Lipinski definition) is 2. The number of ether oxygens (including phenoxy) is 2. The summed E-state index contributed by atoms with van der Waals surface area (Å²) in [6, 6.07) is 9.84. The minimum absolute atomic E-state index is 0. The lowest BCUT2D eigenvalue weighted by Gasteiger charge is -2.16. The summed E-state index contributed by atoms with van der Waals surface area (Å²) in [5, 5.41) is 15.0. The van der Waals surface area contributed by atoms with Crippen LogP contribution in [0.15, 0.2) is 54.2 Å². The molecule has 3 aromatic rings. The van der Waals surface area contributed by atoms with Crippen LogP contribution < -0.4 is 20.1 Å². The highest BCUT2D eigenvalue weighted by Crippen LogP contribution is 2.33. The van der Waals surface area contributed by atoms with Gasteiger partial charge in [0.15, 0.2) is 28.9 Å². The van der Waals surface area contributed by atoms with Gasteiger partial charge in [-0.15, -0.1) is 40.8 Å². The average molecular weight is 522 g/mol. The molecule has 0 amide bonds. The van der Waals surface area contributed by atoms with Crippen molar-refractivity contribution in [2.45, 2.75) is 19.5 Å². The highest BCUT2D eigenvalue weighted by molar-refractivity contribution is 14.0. The summed E-state index contributed by atoms with van der Waals surface area (Å²) in [5.41, 5.74) is 2.89. The van der Waals surface area contributed by atoms with Gasteiger partial charge in [0, 0.05) is 25.4 Å². The van der Waals surface area contributed by atoms with E-state index in [9.17, 15) is 0 Å². The Labute approximate surface area is 193 Å². The third-order valence-electron chi connectivity index (χ3n) is 4.46. The molecule has 0 saturated heterocycles. The summed E-state index contributed by atoms with van der Waals surface area (Å²) in [4.78, 5) is 4.28. The predicted octanol–water partition coefficient (Wildman–Crippen LogP) is 2.96. The number of aromatic nitrogens is 3. The van der Waals surface area contributed by atoms with Gasteiger partial charge in [-0.25, -0.2) is 0 Å². The minimum atomic E-state index is 0. The summed E-state index contributed by atoms with van der Waals surface area (Å²) in [7, 11) is 5.01. The van der Waals surface area contributed by atoms with Crippen LogP contribution in [0, 0.1) is 0 Å². The van der Waals surface area contributed by atoms with Crippen molar-refractivity contribution in [3.63, 3.8) is 0 Å². The number of pyridine rings is 1. The van der Waals surface area contributed by atoms with Gasteiger partial charge in [-0.1, -0.05) is 12.1 Å². The fourth-order valence-corrected chi connectivity index (χ4v) is 3.10. The maximum absolute atomic E-state index is 5.49. The standard InChI is InChI=1S/C21H26N6O2.HI/c1-5-8-16-11-15(12-17(28-3)20(16)29-4)13-23-21(22-2)24-14-19-26-25-18-9-6-7-10-27(18)19;/h5-7,9-12H,1,8,13-14H2,2-4H3,(H2,22,23,24);1H. The van der Waals surface area contributed by atoms with Crippen molar-refractivity contribution in [1.29, 1.82) is 0 Å². The predicted molar refractivity (Wildman–Crippen MR) is 129 cm³/mol. The summed E-state index contributed by atoms with van der Waals surface area (Å²) in [5.74, 6) is 2.90. The molecule has 0 saturated carbocycles. The summed E-state index contributed by atoms with van der Waals surface area (Å²) in [6.45, 7) is 4.89. The molecule has 2 N–H and O–H groups in total. The second kappa shape index (κ2) is 11.4. The Morgan fingerprint density at radius 2 is 1.97 bits per heavy atom. The van der Waals surface area contributed by atoms with Crippen LogP contribution in [0.1, 0.15) is 17.0 Å². The van der Waals surface area contributed by atoms with Gasteiger partial charge >= 0.3 is 0 Å². The largest absolute Gasteiger partial charge is 0.493 e. The molecule has 0 aliphatic carbocycles. The zero-order valence-corrected chi connectivity index (χ0v) is 19.7. The van der Waals surface area contributed by atoms with Crippen LogP contribution in [0.3, 0.4) is 0 Å². The molecule has 160 valence electrons. The van der Waals surface area contributed by atoms with Gasteiger partial charge in [0.05, 0.1) is 20.8 Å². The molecule has 0 aliphatic rings. The number of aliphatic imine (C=N–C) groups is 1. The molecule has 0 atom stereocenters. The van der Waals surface area contributed by atoms with Crippen molar-refractivity contribution in [1.82, 2.24) is 25.2 Å². The van der Waals surface area contributed by atoms with E-state index in [2.05, 4.69) is 38.5 Å². The van der Waals surface area contributed by atoms with Crippen LogP contribution in [0.5, 0.6) is 11.5 Å². The minimum Gasteiger partial charge on any atom is -0.493 e. The van der Waals surface area contributed by atoms with Crippen LogP contribution >= 0.6 is 24.0 Å². The zero-order valence-electron chi connectivity index (χ0n) is 17.4. The molecule has 0 unspecified atom stereocenters. The zero-order chi connectivity index (χ0) is 20.6. The third-order valence-corrected chi connectivity index (χ3v) is 4.46. The number of rotatable bonds is 8. The van der Waals surface area contributed by atoms with E-state index < -0.39 is 0 Å². The first kappa shape index (κ1) is 23.5. The van der Waals surface area contributed by atoms with E-state index in [-0.39, 0.29) is 24.0 Å². The molecular formula is C21H27IN6O2. The SMILES string of the molecule is C=CCc1cc(CNC(=NC)NCc2nnc3ccccn23)cc(OC)c1OC.I. The second-order valence-electron chi connectivity index (χ2n) is 6.31. The number of guanidine groups is 1. The van der Waals surface area contributed by atoms with E-state index in [1.165, 1.54) is 0 Å². The summed E-state index contributed by atoms with van der Waals surface area (Å²) >= 11 is 0. The Morgan fingerprint density at radius 1 is 1.17 bits per heavy atom. The number of fused-ring (bicyclic) bond motifs is 1. The van der Waals surface area contributed by atoms with E-state index in [4.69, 9.17) is 9.47 Å². The highest BCUT2D eigenvalue weighted by Gasteiger charge is 2.12. The third kappa shape index (κ3) is 5.41. The smallest absolute Gasteiger partial charge is 0.191 e. The maximum atomic E-state index is 5.49. The molecule has 0 bridgehead atoms. The number of hydrogen-bond acceptors (Lipinski definition) is 5.